The van der Waals surface area contributed by atoms with Gasteiger partial charge in [-0.25, -0.2) is 0 Å². The molecule has 1 rings (SSSR count). The molecule has 1 aromatic rings. The summed E-state index contributed by atoms with van der Waals surface area (Å²) in [6.07, 6.45) is -0.472. The highest BCUT2D eigenvalue weighted by Gasteiger charge is 2.06. The van der Waals surface area contributed by atoms with Crippen molar-refractivity contribution in [2.75, 3.05) is 0 Å². The third-order valence-electron chi connectivity index (χ3n) is 2.11. The summed E-state index contributed by atoms with van der Waals surface area (Å²) >= 11 is 0. The molecular formula is C11H14O2. The van der Waals surface area contributed by atoms with Crippen molar-refractivity contribution in [3.63, 3.8) is 0 Å². The minimum Gasteiger partial charge on any atom is -0.389 e. The smallest absolute Gasteiger partial charge is 0.160 e. The summed E-state index contributed by atoms with van der Waals surface area (Å²) in [6.45, 7) is 5.13. The maximum Gasteiger partial charge on any atom is 0.160 e. The summed E-state index contributed by atoms with van der Waals surface area (Å²) in [7, 11) is 0. The van der Waals surface area contributed by atoms with Gasteiger partial charge in [0.05, 0.1) is 6.10 Å². The number of aliphatic hydroxyl groups excluding tert-OH is 1. The van der Waals surface area contributed by atoms with Crippen molar-refractivity contribution >= 4 is 5.78 Å². The SMILES string of the molecule is CC(=O)c1ccc(C(C)O)cc1C. The summed E-state index contributed by atoms with van der Waals surface area (Å²) in [6, 6.07) is 5.40. The number of Topliss-reactive ketones (excluding diaryl/α,β-unsaturated/α-hetero) is 1. The van der Waals surface area contributed by atoms with Crippen molar-refractivity contribution in [2.24, 2.45) is 0 Å². The molecule has 0 amide bonds. The Morgan fingerprint density at radius 3 is 2.46 bits per heavy atom. The van der Waals surface area contributed by atoms with Crippen molar-refractivity contribution < 1.29 is 9.90 Å². The highest BCUT2D eigenvalue weighted by atomic mass is 16.3. The lowest BCUT2D eigenvalue weighted by Crippen LogP contribution is -1.99. The fourth-order valence-electron chi connectivity index (χ4n) is 1.34. The molecule has 2 nitrogen and oxygen atoms in total. The predicted molar refractivity (Wildman–Crippen MR) is 51.8 cm³/mol. The van der Waals surface area contributed by atoms with Crippen molar-refractivity contribution in [3.05, 3.63) is 34.9 Å². The Morgan fingerprint density at radius 1 is 1.46 bits per heavy atom. The van der Waals surface area contributed by atoms with E-state index in [1.165, 1.54) is 0 Å². The summed E-state index contributed by atoms with van der Waals surface area (Å²) in [5.41, 5.74) is 2.50. The third-order valence-corrected chi connectivity index (χ3v) is 2.11. The molecule has 70 valence electrons. The molecular weight excluding hydrogens is 164 g/mol. The molecule has 1 N–H and O–H groups in total. The van der Waals surface area contributed by atoms with Crippen molar-refractivity contribution in [2.45, 2.75) is 26.9 Å². The second-order valence-electron chi connectivity index (χ2n) is 3.31. The Morgan fingerprint density at radius 2 is 2.08 bits per heavy atom. The minimum atomic E-state index is -0.472. The number of rotatable bonds is 2. The van der Waals surface area contributed by atoms with Crippen LogP contribution in [0.4, 0.5) is 0 Å². The molecule has 1 atom stereocenters. The number of carbonyl (C=O) groups is 1. The van der Waals surface area contributed by atoms with Gasteiger partial charge in [0.2, 0.25) is 0 Å². The topological polar surface area (TPSA) is 37.3 Å². The first kappa shape index (κ1) is 9.93. The highest BCUT2D eigenvalue weighted by molar-refractivity contribution is 5.95. The van der Waals surface area contributed by atoms with Crippen LogP contribution < -0.4 is 0 Å². The molecule has 0 saturated heterocycles. The van der Waals surface area contributed by atoms with E-state index >= 15 is 0 Å². The van der Waals surface area contributed by atoms with Crippen LogP contribution in [0.5, 0.6) is 0 Å². The van der Waals surface area contributed by atoms with E-state index in [9.17, 15) is 9.90 Å². The van der Waals surface area contributed by atoms with Crippen molar-refractivity contribution in [1.82, 2.24) is 0 Å². The van der Waals surface area contributed by atoms with Crippen LogP contribution in [0.2, 0.25) is 0 Å². The zero-order chi connectivity index (χ0) is 10.0. The van der Waals surface area contributed by atoms with Gasteiger partial charge in [-0.1, -0.05) is 18.2 Å². The molecule has 0 fully saturated rings. The number of aliphatic hydroxyl groups is 1. The van der Waals surface area contributed by atoms with Gasteiger partial charge in [-0.3, -0.25) is 4.79 Å². The standard InChI is InChI=1S/C11H14O2/c1-7-6-10(8(2)12)4-5-11(7)9(3)13/h4-6,8,12H,1-3H3. The van der Waals surface area contributed by atoms with Crippen LogP contribution >= 0.6 is 0 Å². The van der Waals surface area contributed by atoms with E-state index in [2.05, 4.69) is 0 Å². The second-order valence-corrected chi connectivity index (χ2v) is 3.31. The van der Waals surface area contributed by atoms with Gasteiger partial charge in [0.1, 0.15) is 0 Å². The maximum absolute atomic E-state index is 11.1. The van der Waals surface area contributed by atoms with Crippen LogP contribution in [0.25, 0.3) is 0 Å². The summed E-state index contributed by atoms with van der Waals surface area (Å²) in [5, 5.41) is 9.29. The van der Waals surface area contributed by atoms with Gasteiger partial charge in [-0.2, -0.15) is 0 Å². The fraction of sp³-hybridized carbons (Fsp3) is 0.364. The van der Waals surface area contributed by atoms with Crippen molar-refractivity contribution in [3.8, 4) is 0 Å². The van der Waals surface area contributed by atoms with Crippen LogP contribution in [0.15, 0.2) is 18.2 Å². The lowest BCUT2D eigenvalue weighted by Gasteiger charge is -2.07. The number of aryl methyl sites for hydroxylation is 1. The van der Waals surface area contributed by atoms with Crippen LogP contribution in [-0.4, -0.2) is 10.9 Å². The molecule has 1 aromatic carbocycles. The quantitative estimate of drug-likeness (QED) is 0.705. The fourth-order valence-corrected chi connectivity index (χ4v) is 1.34. The number of benzene rings is 1. The van der Waals surface area contributed by atoms with E-state index in [1.54, 1.807) is 26.0 Å². The Bertz CT molecular complexity index is 327. The Labute approximate surface area is 78.2 Å². The van der Waals surface area contributed by atoms with Crippen LogP contribution in [0.3, 0.4) is 0 Å². The average molecular weight is 178 g/mol. The molecule has 0 aliphatic rings. The Kier molecular flexibility index (Phi) is 2.83. The van der Waals surface area contributed by atoms with Crippen molar-refractivity contribution in [1.29, 1.82) is 0 Å². The maximum atomic E-state index is 11.1. The monoisotopic (exact) mass is 178 g/mol. The van der Waals surface area contributed by atoms with E-state index in [4.69, 9.17) is 0 Å². The molecule has 0 spiro atoms. The number of ketones is 1. The molecule has 2 heteroatoms. The first-order valence-electron chi connectivity index (χ1n) is 4.32. The first-order valence-corrected chi connectivity index (χ1v) is 4.32. The van der Waals surface area contributed by atoms with Gasteiger partial charge in [0.25, 0.3) is 0 Å². The Hall–Kier alpha value is -1.15. The zero-order valence-corrected chi connectivity index (χ0v) is 8.16. The first-order chi connectivity index (χ1) is 6.02. The molecule has 0 bridgehead atoms. The second kappa shape index (κ2) is 3.71. The summed E-state index contributed by atoms with van der Waals surface area (Å²) in [4.78, 5) is 11.1. The van der Waals surface area contributed by atoms with E-state index in [-0.39, 0.29) is 5.78 Å². The van der Waals surface area contributed by atoms with Crippen LogP contribution in [0.1, 0.15) is 41.4 Å². The van der Waals surface area contributed by atoms with Gasteiger partial charge >= 0.3 is 0 Å². The largest absolute Gasteiger partial charge is 0.389 e. The lowest BCUT2D eigenvalue weighted by molar-refractivity contribution is 0.101. The number of hydrogen-bond donors (Lipinski definition) is 1. The van der Waals surface area contributed by atoms with Gasteiger partial charge in [0, 0.05) is 5.56 Å². The molecule has 0 aliphatic heterocycles. The molecule has 0 heterocycles. The average Bonchev–Trinajstić information content (AvgIpc) is 2.03. The van der Waals surface area contributed by atoms with E-state index in [1.807, 2.05) is 13.0 Å². The van der Waals surface area contributed by atoms with E-state index in [0.29, 0.717) is 0 Å². The van der Waals surface area contributed by atoms with E-state index in [0.717, 1.165) is 16.7 Å². The molecule has 0 saturated carbocycles. The molecule has 1 unspecified atom stereocenters. The number of carbonyl (C=O) groups excluding carboxylic acids is 1. The lowest BCUT2D eigenvalue weighted by atomic mass is 10.0. The Balaban J connectivity index is 3.13. The van der Waals surface area contributed by atoms with Crippen LogP contribution in [0, 0.1) is 6.92 Å². The summed E-state index contributed by atoms with van der Waals surface area (Å²) in [5.74, 6) is 0.0645. The van der Waals surface area contributed by atoms with Gasteiger partial charge in [-0.05, 0) is 31.9 Å². The number of hydrogen-bond acceptors (Lipinski definition) is 2. The van der Waals surface area contributed by atoms with E-state index < -0.39 is 6.10 Å². The van der Waals surface area contributed by atoms with Gasteiger partial charge in [-0.15, -0.1) is 0 Å². The summed E-state index contributed by atoms with van der Waals surface area (Å²) < 4.78 is 0. The molecule has 0 aromatic heterocycles. The minimum absolute atomic E-state index is 0.0645. The van der Waals surface area contributed by atoms with Crippen LogP contribution in [-0.2, 0) is 0 Å². The molecule has 0 aliphatic carbocycles. The molecule has 13 heavy (non-hydrogen) atoms. The third kappa shape index (κ3) is 2.16. The highest BCUT2D eigenvalue weighted by Crippen LogP contribution is 2.17. The van der Waals surface area contributed by atoms with Gasteiger partial charge in [0.15, 0.2) is 5.78 Å². The molecule has 0 radical (unpaired) electrons. The zero-order valence-electron chi connectivity index (χ0n) is 8.16. The normalized spacial score (nSPS) is 12.6. The predicted octanol–water partition coefficient (Wildman–Crippen LogP) is 2.25. The van der Waals surface area contributed by atoms with Gasteiger partial charge < -0.3 is 5.11 Å².